The molecule has 0 saturated carbocycles. The lowest BCUT2D eigenvalue weighted by molar-refractivity contribution is 0.0993. The third-order valence-corrected chi connectivity index (χ3v) is 3.37. The summed E-state index contributed by atoms with van der Waals surface area (Å²) in [6, 6.07) is 14.3. The highest BCUT2D eigenvalue weighted by Crippen LogP contribution is 2.20. The van der Waals surface area contributed by atoms with Gasteiger partial charge in [0.05, 0.1) is 0 Å². The Hall–Kier alpha value is -2.29. The Balaban J connectivity index is 2.20. The molecule has 3 heteroatoms. The van der Waals surface area contributed by atoms with Gasteiger partial charge in [-0.2, -0.15) is 0 Å². The smallest absolute Gasteiger partial charge is 0.258 e. The molecule has 2 aromatic rings. The molecule has 0 unspecified atom stereocenters. The molecule has 0 heterocycles. The van der Waals surface area contributed by atoms with Crippen molar-refractivity contribution in [3.8, 4) is 5.75 Å². The Bertz CT molecular complexity index is 585. The van der Waals surface area contributed by atoms with Gasteiger partial charge in [0.2, 0.25) is 0 Å². The molecule has 0 aromatic heterocycles. The summed E-state index contributed by atoms with van der Waals surface area (Å²) in [6.07, 6.45) is 0. The minimum absolute atomic E-state index is 0.0639. The minimum Gasteiger partial charge on any atom is -0.508 e. The SMILES string of the molecule is CC(C)c1ccc(C(=O)N(C)c2ccc(O)cc2)cc1. The van der Waals surface area contributed by atoms with Crippen LogP contribution in [0.1, 0.15) is 35.7 Å². The van der Waals surface area contributed by atoms with Gasteiger partial charge in [-0.1, -0.05) is 26.0 Å². The molecule has 0 atom stereocenters. The largest absolute Gasteiger partial charge is 0.508 e. The van der Waals surface area contributed by atoms with E-state index in [0.717, 1.165) is 5.69 Å². The zero-order chi connectivity index (χ0) is 14.7. The number of aromatic hydroxyl groups is 1. The van der Waals surface area contributed by atoms with Crippen LogP contribution in [0.2, 0.25) is 0 Å². The van der Waals surface area contributed by atoms with Gasteiger partial charge in [0.1, 0.15) is 5.75 Å². The van der Waals surface area contributed by atoms with Gasteiger partial charge < -0.3 is 10.0 Å². The van der Waals surface area contributed by atoms with Gasteiger partial charge in [-0.25, -0.2) is 0 Å². The summed E-state index contributed by atoms with van der Waals surface area (Å²) in [6.45, 7) is 4.25. The third-order valence-electron chi connectivity index (χ3n) is 3.37. The lowest BCUT2D eigenvalue weighted by Gasteiger charge is -2.18. The standard InChI is InChI=1S/C17H19NO2/c1-12(2)13-4-6-14(7-5-13)17(20)18(3)15-8-10-16(19)11-9-15/h4-12,19H,1-3H3. The van der Waals surface area contributed by atoms with Crippen LogP contribution in [0.5, 0.6) is 5.75 Å². The van der Waals surface area contributed by atoms with E-state index in [0.29, 0.717) is 11.5 Å². The number of hydrogen-bond acceptors (Lipinski definition) is 2. The predicted octanol–water partition coefficient (Wildman–Crippen LogP) is 3.79. The number of nitrogens with zero attached hydrogens (tertiary/aromatic N) is 1. The topological polar surface area (TPSA) is 40.5 Å². The van der Waals surface area contributed by atoms with Crippen LogP contribution in [0.15, 0.2) is 48.5 Å². The molecule has 2 aromatic carbocycles. The van der Waals surface area contributed by atoms with E-state index >= 15 is 0 Å². The van der Waals surface area contributed by atoms with Crippen molar-refractivity contribution in [2.45, 2.75) is 19.8 Å². The van der Waals surface area contributed by atoms with Crippen LogP contribution in [0.4, 0.5) is 5.69 Å². The molecule has 0 bridgehead atoms. The predicted molar refractivity (Wildman–Crippen MR) is 81.4 cm³/mol. The average Bonchev–Trinajstić information content (AvgIpc) is 2.46. The van der Waals surface area contributed by atoms with Gasteiger partial charge in [-0.3, -0.25) is 4.79 Å². The Morgan fingerprint density at radius 1 is 1.00 bits per heavy atom. The normalized spacial score (nSPS) is 10.6. The first kappa shape index (κ1) is 14.1. The molecule has 0 aliphatic heterocycles. The number of amides is 1. The number of carbonyl (C=O) groups is 1. The summed E-state index contributed by atoms with van der Waals surface area (Å²) in [5, 5.41) is 9.27. The molecule has 2 rings (SSSR count). The van der Waals surface area contributed by atoms with Gasteiger partial charge in [-0.15, -0.1) is 0 Å². The Labute approximate surface area is 119 Å². The fourth-order valence-electron chi connectivity index (χ4n) is 2.00. The van der Waals surface area contributed by atoms with E-state index in [4.69, 9.17) is 0 Å². The van der Waals surface area contributed by atoms with Crippen LogP contribution < -0.4 is 4.90 Å². The monoisotopic (exact) mass is 269 g/mol. The second kappa shape index (κ2) is 5.78. The molecule has 0 radical (unpaired) electrons. The maximum absolute atomic E-state index is 12.4. The lowest BCUT2D eigenvalue weighted by atomic mass is 10.0. The molecular formula is C17H19NO2. The summed E-state index contributed by atoms with van der Waals surface area (Å²) in [4.78, 5) is 13.9. The molecule has 0 fully saturated rings. The number of carbonyl (C=O) groups excluding carboxylic acids is 1. The van der Waals surface area contributed by atoms with E-state index in [1.165, 1.54) is 5.56 Å². The van der Waals surface area contributed by atoms with Crippen LogP contribution in [0.25, 0.3) is 0 Å². The number of hydrogen-bond donors (Lipinski definition) is 1. The van der Waals surface area contributed by atoms with Gasteiger partial charge >= 0.3 is 0 Å². The van der Waals surface area contributed by atoms with E-state index in [9.17, 15) is 9.90 Å². The van der Waals surface area contributed by atoms with E-state index < -0.39 is 0 Å². The van der Waals surface area contributed by atoms with Crippen LogP contribution in [0.3, 0.4) is 0 Å². The molecule has 1 N–H and O–H groups in total. The Kier molecular flexibility index (Phi) is 4.08. The van der Waals surface area contributed by atoms with Crippen molar-refractivity contribution in [2.75, 3.05) is 11.9 Å². The van der Waals surface area contributed by atoms with Crippen LogP contribution in [-0.4, -0.2) is 18.1 Å². The van der Waals surface area contributed by atoms with Crippen molar-refractivity contribution in [3.05, 3.63) is 59.7 Å². The fraction of sp³-hybridized carbons (Fsp3) is 0.235. The zero-order valence-corrected chi connectivity index (χ0v) is 12.0. The Morgan fingerprint density at radius 3 is 2.05 bits per heavy atom. The molecule has 0 saturated heterocycles. The number of anilines is 1. The molecule has 104 valence electrons. The fourth-order valence-corrected chi connectivity index (χ4v) is 2.00. The van der Waals surface area contributed by atoms with Crippen molar-refractivity contribution in [1.82, 2.24) is 0 Å². The zero-order valence-electron chi connectivity index (χ0n) is 12.0. The molecule has 1 amide bonds. The Morgan fingerprint density at radius 2 is 1.55 bits per heavy atom. The van der Waals surface area contributed by atoms with Gasteiger partial charge in [0.15, 0.2) is 0 Å². The maximum atomic E-state index is 12.4. The first-order valence-electron chi connectivity index (χ1n) is 6.66. The number of phenolic OH excluding ortho intramolecular Hbond substituents is 1. The second-order valence-corrected chi connectivity index (χ2v) is 5.16. The summed E-state index contributed by atoms with van der Waals surface area (Å²) < 4.78 is 0. The highest BCUT2D eigenvalue weighted by Gasteiger charge is 2.13. The van der Waals surface area contributed by atoms with Crippen LogP contribution >= 0.6 is 0 Å². The van der Waals surface area contributed by atoms with Gasteiger partial charge in [0.25, 0.3) is 5.91 Å². The molecular weight excluding hydrogens is 250 g/mol. The molecule has 0 spiro atoms. The van der Waals surface area contributed by atoms with E-state index in [-0.39, 0.29) is 11.7 Å². The first-order valence-corrected chi connectivity index (χ1v) is 6.66. The van der Waals surface area contributed by atoms with Crippen molar-refractivity contribution in [2.24, 2.45) is 0 Å². The van der Waals surface area contributed by atoms with Crippen molar-refractivity contribution in [3.63, 3.8) is 0 Å². The molecule has 20 heavy (non-hydrogen) atoms. The third kappa shape index (κ3) is 2.99. The van der Waals surface area contributed by atoms with Crippen molar-refractivity contribution < 1.29 is 9.90 Å². The summed E-state index contributed by atoms with van der Waals surface area (Å²) >= 11 is 0. The maximum Gasteiger partial charge on any atom is 0.258 e. The summed E-state index contributed by atoms with van der Waals surface area (Å²) in [5.41, 5.74) is 2.62. The van der Waals surface area contributed by atoms with Gasteiger partial charge in [-0.05, 0) is 47.9 Å². The first-order chi connectivity index (χ1) is 9.49. The highest BCUT2D eigenvalue weighted by molar-refractivity contribution is 6.05. The number of phenols is 1. The summed E-state index contributed by atoms with van der Waals surface area (Å²) in [7, 11) is 1.73. The van der Waals surface area contributed by atoms with Crippen LogP contribution in [-0.2, 0) is 0 Å². The number of benzene rings is 2. The highest BCUT2D eigenvalue weighted by atomic mass is 16.3. The lowest BCUT2D eigenvalue weighted by Crippen LogP contribution is -2.26. The van der Waals surface area contributed by atoms with Crippen LogP contribution in [0, 0.1) is 0 Å². The van der Waals surface area contributed by atoms with E-state index in [1.54, 1.807) is 36.2 Å². The second-order valence-electron chi connectivity index (χ2n) is 5.16. The van der Waals surface area contributed by atoms with E-state index in [2.05, 4.69) is 13.8 Å². The molecule has 0 aliphatic rings. The van der Waals surface area contributed by atoms with Crippen molar-refractivity contribution >= 4 is 11.6 Å². The number of rotatable bonds is 3. The summed E-state index contributed by atoms with van der Waals surface area (Å²) in [5.74, 6) is 0.580. The van der Waals surface area contributed by atoms with Crippen molar-refractivity contribution in [1.29, 1.82) is 0 Å². The van der Waals surface area contributed by atoms with E-state index in [1.807, 2.05) is 24.3 Å². The molecule has 3 nitrogen and oxygen atoms in total. The molecule has 0 aliphatic carbocycles. The minimum atomic E-state index is -0.0639. The quantitative estimate of drug-likeness (QED) is 0.921. The average molecular weight is 269 g/mol. The van der Waals surface area contributed by atoms with Gasteiger partial charge in [0, 0.05) is 18.3 Å².